The van der Waals surface area contributed by atoms with Gasteiger partial charge in [0.05, 0.1) is 17.1 Å². The Labute approximate surface area is 130 Å². The van der Waals surface area contributed by atoms with Crippen molar-refractivity contribution in [2.75, 3.05) is 6.61 Å². The van der Waals surface area contributed by atoms with Crippen LogP contribution in [0.25, 0.3) is 0 Å². The molecule has 2 aromatic rings. The lowest BCUT2D eigenvalue weighted by molar-refractivity contribution is 0.340. The second-order valence-electron chi connectivity index (χ2n) is 4.51. The molecule has 0 heterocycles. The summed E-state index contributed by atoms with van der Waals surface area (Å²) in [5.41, 5.74) is 0.933. The Hall–Kier alpha value is -2.36. The zero-order chi connectivity index (χ0) is 16.0. The van der Waals surface area contributed by atoms with Crippen molar-refractivity contribution >= 4 is 10.0 Å². The molecule has 1 N–H and O–H groups in total. The molecule has 0 atom stereocenters. The van der Waals surface area contributed by atoms with Crippen LogP contribution >= 0.6 is 0 Å². The lowest BCUT2D eigenvalue weighted by Crippen LogP contribution is -2.24. The number of nitrogens with zero attached hydrogens (tertiary/aromatic N) is 1. The zero-order valence-electron chi connectivity index (χ0n) is 12.1. The molecule has 0 amide bonds. The molecule has 2 aromatic carbocycles. The Morgan fingerprint density at radius 2 is 1.82 bits per heavy atom. The molecule has 0 fully saturated rings. The van der Waals surface area contributed by atoms with Gasteiger partial charge >= 0.3 is 0 Å². The minimum atomic E-state index is -3.73. The Morgan fingerprint density at radius 3 is 2.45 bits per heavy atom. The van der Waals surface area contributed by atoms with Crippen LogP contribution in [0.3, 0.4) is 0 Å². The van der Waals surface area contributed by atoms with Gasteiger partial charge in [-0.15, -0.1) is 0 Å². The van der Waals surface area contributed by atoms with Gasteiger partial charge in [-0.05, 0) is 36.8 Å². The first-order valence-electron chi connectivity index (χ1n) is 6.77. The average molecular weight is 316 g/mol. The monoisotopic (exact) mass is 316 g/mol. The third-order valence-electron chi connectivity index (χ3n) is 3.00. The molecule has 0 radical (unpaired) electrons. The van der Waals surface area contributed by atoms with E-state index in [-0.39, 0.29) is 17.0 Å². The summed E-state index contributed by atoms with van der Waals surface area (Å²) in [6.07, 6.45) is 0. The van der Waals surface area contributed by atoms with Crippen LogP contribution in [0.15, 0.2) is 53.4 Å². The Morgan fingerprint density at radius 1 is 1.14 bits per heavy atom. The van der Waals surface area contributed by atoms with E-state index < -0.39 is 10.0 Å². The van der Waals surface area contributed by atoms with Crippen molar-refractivity contribution in [1.29, 1.82) is 5.26 Å². The molecule has 0 unspecified atom stereocenters. The Kier molecular flexibility index (Phi) is 5.15. The third-order valence-corrected chi connectivity index (χ3v) is 4.46. The van der Waals surface area contributed by atoms with E-state index in [9.17, 15) is 8.42 Å². The maximum Gasteiger partial charge on any atom is 0.242 e. The van der Waals surface area contributed by atoms with E-state index in [4.69, 9.17) is 10.00 Å². The number of ether oxygens (including phenoxy) is 1. The van der Waals surface area contributed by atoms with Gasteiger partial charge in [-0.2, -0.15) is 5.26 Å². The Bertz CT molecular complexity index is 778. The van der Waals surface area contributed by atoms with Gasteiger partial charge < -0.3 is 4.74 Å². The SMILES string of the molecule is CCOc1ccc(CNS(=O)(=O)c2ccccc2C#N)cc1. The summed E-state index contributed by atoms with van der Waals surface area (Å²) in [7, 11) is -3.73. The lowest BCUT2D eigenvalue weighted by Gasteiger charge is -2.09. The molecule has 0 saturated carbocycles. The van der Waals surface area contributed by atoms with Gasteiger partial charge in [-0.3, -0.25) is 0 Å². The molecule has 0 spiro atoms. The molecule has 0 aliphatic heterocycles. The number of benzene rings is 2. The first kappa shape index (κ1) is 16.0. The maximum absolute atomic E-state index is 12.3. The van der Waals surface area contributed by atoms with Crippen LogP contribution in [0.4, 0.5) is 0 Å². The highest BCUT2D eigenvalue weighted by Gasteiger charge is 2.17. The summed E-state index contributed by atoms with van der Waals surface area (Å²) >= 11 is 0. The second kappa shape index (κ2) is 7.07. The molecule has 2 rings (SSSR count). The zero-order valence-corrected chi connectivity index (χ0v) is 12.9. The lowest BCUT2D eigenvalue weighted by atomic mass is 10.2. The molecule has 0 bridgehead atoms. The van der Waals surface area contributed by atoms with E-state index in [0.29, 0.717) is 6.61 Å². The maximum atomic E-state index is 12.3. The van der Waals surface area contributed by atoms with E-state index in [0.717, 1.165) is 11.3 Å². The van der Waals surface area contributed by atoms with Gasteiger partial charge in [-0.1, -0.05) is 24.3 Å². The number of hydrogen-bond donors (Lipinski definition) is 1. The molecule has 22 heavy (non-hydrogen) atoms. The summed E-state index contributed by atoms with van der Waals surface area (Å²) < 4.78 is 32.4. The van der Waals surface area contributed by atoms with E-state index in [1.54, 1.807) is 36.4 Å². The topological polar surface area (TPSA) is 79.2 Å². The normalized spacial score (nSPS) is 10.9. The van der Waals surface area contributed by atoms with Crippen LogP contribution in [-0.2, 0) is 16.6 Å². The van der Waals surface area contributed by atoms with E-state index >= 15 is 0 Å². The summed E-state index contributed by atoms with van der Waals surface area (Å²) in [6, 6.07) is 15.2. The highest BCUT2D eigenvalue weighted by molar-refractivity contribution is 7.89. The summed E-state index contributed by atoms with van der Waals surface area (Å²) in [5.74, 6) is 0.740. The van der Waals surface area contributed by atoms with Gasteiger partial charge in [0.2, 0.25) is 10.0 Å². The highest BCUT2D eigenvalue weighted by Crippen LogP contribution is 2.16. The number of sulfonamides is 1. The standard InChI is InChI=1S/C16H16N2O3S/c1-2-21-15-9-7-13(8-10-15)12-18-22(19,20)16-6-4-3-5-14(16)11-17/h3-10,18H,2,12H2,1H3. The first-order chi connectivity index (χ1) is 10.6. The summed E-state index contributed by atoms with van der Waals surface area (Å²) in [6.45, 7) is 2.63. The van der Waals surface area contributed by atoms with Gasteiger partial charge in [0.25, 0.3) is 0 Å². The summed E-state index contributed by atoms with van der Waals surface area (Å²) in [5, 5.41) is 8.99. The van der Waals surface area contributed by atoms with Crippen LogP contribution < -0.4 is 9.46 Å². The van der Waals surface area contributed by atoms with Crippen molar-refractivity contribution in [3.8, 4) is 11.8 Å². The number of hydrogen-bond acceptors (Lipinski definition) is 4. The first-order valence-corrected chi connectivity index (χ1v) is 8.25. The van der Waals surface area contributed by atoms with E-state index in [1.807, 2.05) is 13.0 Å². The van der Waals surface area contributed by atoms with Gasteiger partial charge in [0.15, 0.2) is 0 Å². The molecular formula is C16H16N2O3S. The molecule has 5 nitrogen and oxygen atoms in total. The van der Waals surface area contributed by atoms with Crippen LogP contribution in [0, 0.1) is 11.3 Å². The predicted molar refractivity (Wildman–Crippen MR) is 82.8 cm³/mol. The van der Waals surface area contributed by atoms with Gasteiger partial charge in [0, 0.05) is 6.54 Å². The minimum Gasteiger partial charge on any atom is -0.494 e. The largest absolute Gasteiger partial charge is 0.494 e. The molecule has 6 heteroatoms. The van der Waals surface area contributed by atoms with Crippen LogP contribution in [0.5, 0.6) is 5.75 Å². The smallest absolute Gasteiger partial charge is 0.242 e. The Balaban J connectivity index is 2.11. The van der Waals surface area contributed by atoms with Crippen LogP contribution in [-0.4, -0.2) is 15.0 Å². The van der Waals surface area contributed by atoms with Crippen molar-refractivity contribution < 1.29 is 13.2 Å². The van der Waals surface area contributed by atoms with E-state index in [2.05, 4.69) is 4.72 Å². The predicted octanol–water partition coefficient (Wildman–Crippen LogP) is 2.44. The average Bonchev–Trinajstić information content (AvgIpc) is 2.54. The van der Waals surface area contributed by atoms with Gasteiger partial charge in [-0.25, -0.2) is 13.1 Å². The molecule has 0 aliphatic rings. The fourth-order valence-corrected chi connectivity index (χ4v) is 3.09. The van der Waals surface area contributed by atoms with E-state index in [1.165, 1.54) is 12.1 Å². The van der Waals surface area contributed by atoms with Crippen molar-refractivity contribution in [2.24, 2.45) is 0 Å². The van der Waals surface area contributed by atoms with Crippen molar-refractivity contribution in [2.45, 2.75) is 18.4 Å². The van der Waals surface area contributed by atoms with Gasteiger partial charge in [0.1, 0.15) is 11.8 Å². The molecular weight excluding hydrogens is 300 g/mol. The fourth-order valence-electron chi connectivity index (χ4n) is 1.92. The summed E-state index contributed by atoms with van der Waals surface area (Å²) in [4.78, 5) is -0.0107. The van der Waals surface area contributed by atoms with Crippen LogP contribution in [0.2, 0.25) is 0 Å². The number of rotatable bonds is 6. The number of nitriles is 1. The second-order valence-corrected chi connectivity index (χ2v) is 6.24. The van der Waals surface area contributed by atoms with Crippen molar-refractivity contribution in [3.63, 3.8) is 0 Å². The molecule has 114 valence electrons. The molecule has 0 saturated heterocycles. The minimum absolute atomic E-state index is 0.0107. The highest BCUT2D eigenvalue weighted by atomic mass is 32.2. The molecule has 0 aromatic heterocycles. The number of nitrogens with one attached hydrogen (secondary N) is 1. The quantitative estimate of drug-likeness (QED) is 0.887. The van der Waals surface area contributed by atoms with Crippen molar-refractivity contribution in [3.05, 3.63) is 59.7 Å². The van der Waals surface area contributed by atoms with Crippen molar-refractivity contribution in [1.82, 2.24) is 4.72 Å². The van der Waals surface area contributed by atoms with Crippen LogP contribution in [0.1, 0.15) is 18.1 Å². The fraction of sp³-hybridized carbons (Fsp3) is 0.188. The molecule has 0 aliphatic carbocycles. The third kappa shape index (κ3) is 3.85.